The van der Waals surface area contributed by atoms with E-state index >= 15 is 0 Å². The standard InChI is InChI=1S/C12H11ClN2O2/c13-11-4-3-9(16)6-10(11)12(17)15-5-1-2-8(15)7-14/h3-4,6,8,16H,1-2,5H2. The predicted molar refractivity (Wildman–Crippen MR) is 62.8 cm³/mol. The molecular formula is C12H11ClN2O2. The summed E-state index contributed by atoms with van der Waals surface area (Å²) in [6.45, 7) is 0.559. The van der Waals surface area contributed by atoms with Crippen LogP contribution in [0.5, 0.6) is 5.75 Å². The Kier molecular flexibility index (Phi) is 3.21. The molecule has 1 N–H and O–H groups in total. The molecule has 5 heteroatoms. The average Bonchev–Trinajstić information content (AvgIpc) is 2.79. The van der Waals surface area contributed by atoms with Crippen molar-refractivity contribution in [2.45, 2.75) is 18.9 Å². The van der Waals surface area contributed by atoms with Crippen molar-refractivity contribution in [2.24, 2.45) is 0 Å². The highest BCUT2D eigenvalue weighted by Gasteiger charge is 2.30. The molecule has 1 aromatic rings. The van der Waals surface area contributed by atoms with Crippen LogP contribution in [-0.2, 0) is 0 Å². The molecule has 2 rings (SSSR count). The minimum absolute atomic E-state index is 0.00884. The summed E-state index contributed by atoms with van der Waals surface area (Å²) in [5, 5.41) is 18.6. The predicted octanol–water partition coefficient (Wildman–Crippen LogP) is 2.17. The van der Waals surface area contributed by atoms with E-state index in [1.54, 1.807) is 0 Å². The topological polar surface area (TPSA) is 64.3 Å². The Morgan fingerprint density at radius 3 is 3.06 bits per heavy atom. The molecule has 0 aliphatic carbocycles. The lowest BCUT2D eigenvalue weighted by molar-refractivity contribution is 0.0764. The number of likely N-dealkylation sites (tertiary alicyclic amines) is 1. The maximum Gasteiger partial charge on any atom is 0.256 e. The number of phenolic OH excluding ortho intramolecular Hbond substituents is 1. The minimum Gasteiger partial charge on any atom is -0.508 e. The Morgan fingerprint density at radius 1 is 1.59 bits per heavy atom. The van der Waals surface area contributed by atoms with Gasteiger partial charge in [-0.2, -0.15) is 5.26 Å². The third-order valence-electron chi connectivity index (χ3n) is 2.84. The van der Waals surface area contributed by atoms with E-state index in [2.05, 4.69) is 6.07 Å². The maximum atomic E-state index is 12.2. The molecule has 0 aromatic heterocycles. The van der Waals surface area contributed by atoms with E-state index in [0.717, 1.165) is 6.42 Å². The molecule has 1 aliphatic heterocycles. The first-order valence-electron chi connectivity index (χ1n) is 5.32. The van der Waals surface area contributed by atoms with Crippen molar-refractivity contribution in [3.63, 3.8) is 0 Å². The summed E-state index contributed by atoms with van der Waals surface area (Å²) in [7, 11) is 0. The first kappa shape index (κ1) is 11.7. The van der Waals surface area contributed by atoms with Crippen molar-refractivity contribution in [2.75, 3.05) is 6.54 Å². The van der Waals surface area contributed by atoms with Gasteiger partial charge in [0.1, 0.15) is 11.8 Å². The Labute approximate surface area is 104 Å². The highest BCUT2D eigenvalue weighted by atomic mass is 35.5. The number of nitriles is 1. The van der Waals surface area contributed by atoms with Crippen molar-refractivity contribution >= 4 is 17.5 Å². The summed E-state index contributed by atoms with van der Waals surface area (Å²) < 4.78 is 0. The Balaban J connectivity index is 2.31. The fourth-order valence-corrected chi connectivity index (χ4v) is 2.17. The van der Waals surface area contributed by atoms with Gasteiger partial charge in [-0.15, -0.1) is 0 Å². The van der Waals surface area contributed by atoms with E-state index in [1.165, 1.54) is 23.1 Å². The van der Waals surface area contributed by atoms with Crippen molar-refractivity contribution in [3.8, 4) is 11.8 Å². The summed E-state index contributed by atoms with van der Waals surface area (Å²) in [6, 6.07) is 5.94. The quantitative estimate of drug-likeness (QED) is 0.831. The van der Waals surface area contributed by atoms with Gasteiger partial charge in [0.2, 0.25) is 0 Å². The number of rotatable bonds is 1. The molecule has 1 aromatic carbocycles. The highest BCUT2D eigenvalue weighted by Crippen LogP contribution is 2.26. The largest absolute Gasteiger partial charge is 0.508 e. The zero-order chi connectivity index (χ0) is 12.4. The first-order chi connectivity index (χ1) is 8.13. The van der Waals surface area contributed by atoms with Crippen LogP contribution in [0.15, 0.2) is 18.2 Å². The van der Waals surface area contributed by atoms with E-state index in [9.17, 15) is 9.90 Å². The summed E-state index contributed by atoms with van der Waals surface area (Å²) in [5.74, 6) is -0.305. The minimum atomic E-state index is -0.388. The highest BCUT2D eigenvalue weighted by molar-refractivity contribution is 6.33. The molecule has 1 fully saturated rings. The summed E-state index contributed by atoms with van der Waals surface area (Å²) in [4.78, 5) is 13.7. The second kappa shape index (κ2) is 4.64. The number of phenols is 1. The van der Waals surface area contributed by atoms with Gasteiger partial charge in [-0.25, -0.2) is 0 Å². The Morgan fingerprint density at radius 2 is 2.35 bits per heavy atom. The lowest BCUT2D eigenvalue weighted by atomic mass is 10.1. The zero-order valence-electron chi connectivity index (χ0n) is 9.06. The van der Waals surface area contributed by atoms with Crippen LogP contribution >= 0.6 is 11.6 Å². The van der Waals surface area contributed by atoms with E-state index in [4.69, 9.17) is 16.9 Å². The van der Waals surface area contributed by atoms with Crippen molar-refractivity contribution in [1.29, 1.82) is 5.26 Å². The van der Waals surface area contributed by atoms with Gasteiger partial charge in [-0.3, -0.25) is 4.79 Å². The van der Waals surface area contributed by atoms with Crippen molar-refractivity contribution in [3.05, 3.63) is 28.8 Å². The number of amides is 1. The average molecular weight is 251 g/mol. The summed E-state index contributed by atoms with van der Waals surface area (Å²) in [5.41, 5.74) is 0.244. The fraction of sp³-hybridized carbons (Fsp3) is 0.333. The Hall–Kier alpha value is -1.73. The number of nitrogens with zero attached hydrogens (tertiary/aromatic N) is 2. The molecule has 1 unspecified atom stereocenters. The molecule has 0 bridgehead atoms. The van der Waals surface area contributed by atoms with E-state index < -0.39 is 0 Å². The van der Waals surface area contributed by atoms with Gasteiger partial charge in [0.15, 0.2) is 0 Å². The lowest BCUT2D eigenvalue weighted by Gasteiger charge is -2.20. The maximum absolute atomic E-state index is 12.2. The van der Waals surface area contributed by atoms with Crippen LogP contribution in [-0.4, -0.2) is 28.5 Å². The zero-order valence-corrected chi connectivity index (χ0v) is 9.81. The van der Waals surface area contributed by atoms with Gasteiger partial charge in [-0.1, -0.05) is 11.6 Å². The van der Waals surface area contributed by atoms with Crippen LogP contribution < -0.4 is 0 Å². The van der Waals surface area contributed by atoms with Gasteiger partial charge in [0.25, 0.3) is 5.91 Å². The fourth-order valence-electron chi connectivity index (χ4n) is 1.98. The second-order valence-corrected chi connectivity index (χ2v) is 4.36. The molecule has 1 amide bonds. The van der Waals surface area contributed by atoms with E-state index in [-0.39, 0.29) is 28.3 Å². The third-order valence-corrected chi connectivity index (χ3v) is 3.17. The molecule has 0 spiro atoms. The van der Waals surface area contributed by atoms with Crippen LogP contribution in [0, 0.1) is 11.3 Å². The SMILES string of the molecule is N#CC1CCCN1C(=O)c1cc(O)ccc1Cl. The van der Waals surface area contributed by atoms with Crippen LogP contribution in [0.3, 0.4) is 0 Å². The number of carbonyl (C=O) groups is 1. The molecule has 0 radical (unpaired) electrons. The van der Waals surface area contributed by atoms with Gasteiger partial charge >= 0.3 is 0 Å². The molecule has 1 saturated heterocycles. The van der Waals surface area contributed by atoms with Gasteiger partial charge in [0, 0.05) is 6.54 Å². The summed E-state index contributed by atoms with van der Waals surface area (Å²) in [6.07, 6.45) is 1.51. The molecule has 17 heavy (non-hydrogen) atoms. The second-order valence-electron chi connectivity index (χ2n) is 3.95. The molecular weight excluding hydrogens is 240 g/mol. The number of carbonyl (C=O) groups excluding carboxylic acids is 1. The lowest BCUT2D eigenvalue weighted by Crippen LogP contribution is -2.34. The van der Waals surface area contributed by atoms with Crippen LogP contribution in [0.25, 0.3) is 0 Å². The molecule has 0 saturated carbocycles. The Bertz CT molecular complexity index is 496. The normalized spacial score (nSPS) is 19.1. The van der Waals surface area contributed by atoms with Crippen LogP contribution in [0.1, 0.15) is 23.2 Å². The smallest absolute Gasteiger partial charge is 0.256 e. The number of hydrogen-bond acceptors (Lipinski definition) is 3. The molecule has 1 heterocycles. The van der Waals surface area contributed by atoms with Gasteiger partial charge in [-0.05, 0) is 31.0 Å². The molecule has 4 nitrogen and oxygen atoms in total. The summed E-state index contributed by atoms with van der Waals surface area (Å²) >= 11 is 5.92. The third kappa shape index (κ3) is 2.20. The first-order valence-corrected chi connectivity index (χ1v) is 5.70. The molecule has 88 valence electrons. The van der Waals surface area contributed by atoms with Crippen LogP contribution in [0.2, 0.25) is 5.02 Å². The van der Waals surface area contributed by atoms with Crippen LogP contribution in [0.4, 0.5) is 0 Å². The molecule has 1 aliphatic rings. The number of benzene rings is 1. The van der Waals surface area contributed by atoms with Crippen molar-refractivity contribution in [1.82, 2.24) is 4.90 Å². The number of hydrogen-bond donors (Lipinski definition) is 1. The van der Waals surface area contributed by atoms with Gasteiger partial charge in [0.05, 0.1) is 16.7 Å². The van der Waals surface area contributed by atoms with E-state index in [0.29, 0.717) is 13.0 Å². The monoisotopic (exact) mass is 250 g/mol. The molecule has 1 atom stereocenters. The van der Waals surface area contributed by atoms with Gasteiger partial charge < -0.3 is 10.0 Å². The van der Waals surface area contributed by atoms with E-state index in [1.807, 2.05) is 0 Å². The number of aromatic hydroxyl groups is 1. The number of halogens is 1. The van der Waals surface area contributed by atoms with Crippen molar-refractivity contribution < 1.29 is 9.90 Å².